The van der Waals surface area contributed by atoms with Crippen molar-refractivity contribution in [2.24, 2.45) is 0 Å². The molecule has 1 aliphatic heterocycles. The van der Waals surface area contributed by atoms with Gasteiger partial charge in [0.25, 0.3) is 0 Å². The largest absolute Gasteiger partial charge is 0.312 e. The normalized spacial score (nSPS) is 14.8. The summed E-state index contributed by atoms with van der Waals surface area (Å²) >= 11 is 0. The highest BCUT2D eigenvalue weighted by Gasteiger charge is 2.12. The summed E-state index contributed by atoms with van der Waals surface area (Å²) in [7, 11) is 0. The number of nitrogens with zero attached hydrogens (tertiary/aromatic N) is 4. The highest BCUT2D eigenvalue weighted by molar-refractivity contribution is 5.36. The number of hydrogen-bond acceptors (Lipinski definition) is 4. The van der Waals surface area contributed by atoms with Crippen LogP contribution < -0.4 is 5.32 Å². The van der Waals surface area contributed by atoms with E-state index in [9.17, 15) is 0 Å². The first kappa shape index (κ1) is 9.47. The molecule has 0 saturated carbocycles. The summed E-state index contributed by atoms with van der Waals surface area (Å²) in [6, 6.07) is 6.42. The molecule has 5 heteroatoms. The van der Waals surface area contributed by atoms with Crippen LogP contribution in [0.3, 0.4) is 0 Å². The fourth-order valence-corrected chi connectivity index (χ4v) is 2.17. The third kappa shape index (κ3) is 1.69. The van der Waals surface area contributed by atoms with Crippen molar-refractivity contribution >= 4 is 0 Å². The Hall–Kier alpha value is -1.75. The number of rotatable bonds is 2. The van der Waals surface area contributed by atoms with E-state index in [4.69, 9.17) is 0 Å². The van der Waals surface area contributed by atoms with Gasteiger partial charge < -0.3 is 5.32 Å². The van der Waals surface area contributed by atoms with E-state index in [0.717, 1.165) is 19.5 Å². The zero-order valence-corrected chi connectivity index (χ0v) is 8.93. The van der Waals surface area contributed by atoms with Crippen LogP contribution in [0.2, 0.25) is 0 Å². The van der Waals surface area contributed by atoms with Crippen LogP contribution in [-0.4, -0.2) is 26.8 Å². The van der Waals surface area contributed by atoms with Crippen LogP contribution in [-0.2, 0) is 19.5 Å². The Kier molecular flexibility index (Phi) is 2.38. The number of nitrogens with one attached hydrogen (secondary N) is 1. The van der Waals surface area contributed by atoms with Gasteiger partial charge in [0.2, 0.25) is 0 Å². The maximum Gasteiger partial charge on any atom is 0.162 e. The number of aromatic nitrogens is 4. The van der Waals surface area contributed by atoms with Crippen LogP contribution in [0.4, 0.5) is 0 Å². The molecule has 0 amide bonds. The van der Waals surface area contributed by atoms with Gasteiger partial charge in [-0.15, -0.1) is 10.2 Å². The first-order chi connectivity index (χ1) is 7.93. The van der Waals surface area contributed by atoms with Crippen molar-refractivity contribution in [3.63, 3.8) is 0 Å². The second kappa shape index (κ2) is 4.02. The van der Waals surface area contributed by atoms with Gasteiger partial charge in [0.15, 0.2) is 6.33 Å². The maximum atomic E-state index is 4.04. The van der Waals surface area contributed by atoms with E-state index in [2.05, 4.69) is 38.9 Å². The monoisotopic (exact) mass is 215 g/mol. The van der Waals surface area contributed by atoms with Crippen molar-refractivity contribution in [1.82, 2.24) is 25.5 Å². The average molecular weight is 215 g/mol. The molecule has 0 saturated heterocycles. The Morgan fingerprint density at radius 2 is 2.38 bits per heavy atom. The molecular formula is C11H13N5. The fourth-order valence-electron chi connectivity index (χ4n) is 2.17. The summed E-state index contributed by atoms with van der Waals surface area (Å²) in [6.45, 7) is 2.73. The summed E-state index contributed by atoms with van der Waals surface area (Å²) in [4.78, 5) is 1.62. The number of hydrogen-bond donors (Lipinski definition) is 1. The topological polar surface area (TPSA) is 55.6 Å². The smallest absolute Gasteiger partial charge is 0.162 e. The first-order valence-corrected chi connectivity index (χ1v) is 5.44. The molecule has 0 bridgehead atoms. The Morgan fingerprint density at radius 1 is 1.38 bits per heavy atom. The van der Waals surface area contributed by atoms with Crippen molar-refractivity contribution in [3.05, 3.63) is 41.2 Å². The molecule has 2 heterocycles. The van der Waals surface area contributed by atoms with E-state index in [-0.39, 0.29) is 0 Å². The predicted molar refractivity (Wildman–Crippen MR) is 58.8 cm³/mol. The molecule has 0 aliphatic carbocycles. The van der Waals surface area contributed by atoms with Crippen LogP contribution in [0.25, 0.3) is 0 Å². The minimum atomic E-state index is 0.711. The SMILES string of the molecule is c1cc2c(c(Cn3ncnn3)c1)CCNC2. The molecular weight excluding hydrogens is 202 g/mol. The lowest BCUT2D eigenvalue weighted by atomic mass is 9.95. The lowest BCUT2D eigenvalue weighted by molar-refractivity contribution is 0.562. The molecule has 0 atom stereocenters. The van der Waals surface area contributed by atoms with Crippen LogP contribution in [0.5, 0.6) is 0 Å². The van der Waals surface area contributed by atoms with E-state index < -0.39 is 0 Å². The lowest BCUT2D eigenvalue weighted by Crippen LogP contribution is -2.25. The molecule has 0 radical (unpaired) electrons. The molecule has 5 nitrogen and oxygen atoms in total. The first-order valence-electron chi connectivity index (χ1n) is 5.44. The van der Waals surface area contributed by atoms with Crippen LogP contribution in [0.15, 0.2) is 24.5 Å². The molecule has 82 valence electrons. The zero-order chi connectivity index (χ0) is 10.8. The second-order valence-corrected chi connectivity index (χ2v) is 3.95. The highest BCUT2D eigenvalue weighted by atomic mass is 15.6. The molecule has 0 fully saturated rings. The third-order valence-corrected chi connectivity index (χ3v) is 2.94. The van der Waals surface area contributed by atoms with Crippen molar-refractivity contribution in [2.45, 2.75) is 19.5 Å². The molecule has 0 unspecified atom stereocenters. The van der Waals surface area contributed by atoms with Gasteiger partial charge in [-0.25, -0.2) is 0 Å². The van der Waals surface area contributed by atoms with E-state index in [1.54, 1.807) is 4.80 Å². The van der Waals surface area contributed by atoms with Gasteiger partial charge in [0.05, 0.1) is 6.54 Å². The molecule has 0 spiro atoms. The standard InChI is InChI=1S/C11H13N5/c1-2-9-6-12-5-4-11(9)10(3-1)7-16-14-8-13-15-16/h1-3,8,12H,4-7H2. The second-order valence-electron chi connectivity index (χ2n) is 3.95. The molecule has 1 aliphatic rings. The van der Waals surface area contributed by atoms with Crippen LogP contribution in [0.1, 0.15) is 16.7 Å². The van der Waals surface area contributed by atoms with Crippen molar-refractivity contribution in [2.75, 3.05) is 6.54 Å². The number of fused-ring (bicyclic) bond motifs is 1. The Labute approximate surface area is 93.5 Å². The van der Waals surface area contributed by atoms with E-state index in [1.807, 2.05) is 0 Å². The molecule has 1 N–H and O–H groups in total. The van der Waals surface area contributed by atoms with Gasteiger partial charge in [-0.2, -0.15) is 4.80 Å². The lowest BCUT2D eigenvalue weighted by Gasteiger charge is -2.19. The number of tetrazole rings is 1. The Balaban J connectivity index is 1.94. The minimum Gasteiger partial charge on any atom is -0.312 e. The average Bonchev–Trinajstić information content (AvgIpc) is 2.82. The van der Waals surface area contributed by atoms with Crippen LogP contribution >= 0.6 is 0 Å². The van der Waals surface area contributed by atoms with Crippen molar-refractivity contribution < 1.29 is 0 Å². The van der Waals surface area contributed by atoms with E-state index >= 15 is 0 Å². The fraction of sp³-hybridized carbons (Fsp3) is 0.364. The van der Waals surface area contributed by atoms with Crippen molar-refractivity contribution in [3.8, 4) is 0 Å². The van der Waals surface area contributed by atoms with Gasteiger partial charge in [0.1, 0.15) is 0 Å². The van der Waals surface area contributed by atoms with E-state index in [0.29, 0.717) is 6.54 Å². The predicted octanol–water partition coefficient (Wildman–Crippen LogP) is 0.367. The van der Waals surface area contributed by atoms with Crippen LogP contribution in [0, 0.1) is 0 Å². The van der Waals surface area contributed by atoms with Crippen molar-refractivity contribution in [1.29, 1.82) is 0 Å². The van der Waals surface area contributed by atoms with Gasteiger partial charge >= 0.3 is 0 Å². The summed E-state index contributed by atoms with van der Waals surface area (Å²) in [5, 5.41) is 15.0. The Morgan fingerprint density at radius 3 is 3.25 bits per heavy atom. The number of benzene rings is 1. The summed E-state index contributed by atoms with van der Waals surface area (Å²) in [5.41, 5.74) is 4.14. The third-order valence-electron chi connectivity index (χ3n) is 2.94. The Bertz CT molecular complexity index is 477. The molecule has 16 heavy (non-hydrogen) atoms. The minimum absolute atomic E-state index is 0.711. The quantitative estimate of drug-likeness (QED) is 0.786. The molecule has 2 aromatic rings. The van der Waals surface area contributed by atoms with Gasteiger partial charge in [-0.05, 0) is 34.9 Å². The molecule has 1 aromatic carbocycles. The highest BCUT2D eigenvalue weighted by Crippen LogP contribution is 2.18. The van der Waals surface area contributed by atoms with Gasteiger partial charge in [-0.1, -0.05) is 18.2 Å². The van der Waals surface area contributed by atoms with Gasteiger partial charge in [0, 0.05) is 6.54 Å². The zero-order valence-electron chi connectivity index (χ0n) is 8.93. The maximum absolute atomic E-state index is 4.04. The molecule has 1 aromatic heterocycles. The summed E-state index contributed by atoms with van der Waals surface area (Å²) in [5.74, 6) is 0. The molecule has 3 rings (SSSR count). The summed E-state index contributed by atoms with van der Waals surface area (Å²) < 4.78 is 0. The van der Waals surface area contributed by atoms with Gasteiger partial charge in [-0.3, -0.25) is 0 Å². The van der Waals surface area contributed by atoms with E-state index in [1.165, 1.54) is 23.0 Å². The summed E-state index contributed by atoms with van der Waals surface area (Å²) in [6.07, 6.45) is 2.55.